The number of hydrogen-bond donors (Lipinski definition) is 1. The first-order chi connectivity index (χ1) is 11.7. The minimum atomic E-state index is 0.0740. The molecule has 2 aromatic carbocycles. The van der Waals surface area contributed by atoms with Gasteiger partial charge in [0, 0.05) is 16.9 Å². The van der Waals surface area contributed by atoms with Crippen LogP contribution in [0.25, 0.3) is 11.3 Å². The van der Waals surface area contributed by atoms with E-state index in [4.69, 9.17) is 16.6 Å². The fraction of sp³-hybridized carbons (Fsp3) is 0.211. The predicted octanol–water partition coefficient (Wildman–Crippen LogP) is 4.66. The van der Waals surface area contributed by atoms with Crippen molar-refractivity contribution >= 4 is 28.6 Å². The number of aliphatic hydroxyl groups excluding tert-OH is 1. The van der Waals surface area contributed by atoms with E-state index in [9.17, 15) is 5.11 Å². The molecule has 24 heavy (non-hydrogen) atoms. The number of aryl methyl sites for hydroxylation is 1. The third-order valence-corrected chi connectivity index (χ3v) is 4.95. The summed E-state index contributed by atoms with van der Waals surface area (Å²) in [4.78, 5) is 5.55. The summed E-state index contributed by atoms with van der Waals surface area (Å²) in [5.74, 6) is 0. The summed E-state index contributed by atoms with van der Waals surface area (Å²) in [6.45, 7) is 2.74. The second-order valence-electron chi connectivity index (χ2n) is 5.42. The first-order valence-corrected chi connectivity index (χ1v) is 9.16. The number of aromatic nitrogens is 1. The van der Waals surface area contributed by atoms with E-state index < -0.39 is 0 Å². The second kappa shape index (κ2) is 7.79. The van der Waals surface area contributed by atoms with Crippen LogP contribution in [0.3, 0.4) is 0 Å². The van der Waals surface area contributed by atoms with Crippen LogP contribution in [0.15, 0.2) is 58.9 Å². The molecule has 1 aromatic heterocycles. The highest BCUT2D eigenvalue weighted by atomic mass is 35.5. The van der Waals surface area contributed by atoms with Crippen molar-refractivity contribution in [3.8, 4) is 11.3 Å². The van der Waals surface area contributed by atoms with E-state index in [0.29, 0.717) is 11.6 Å². The first kappa shape index (κ1) is 17.0. The summed E-state index contributed by atoms with van der Waals surface area (Å²) >= 11 is 7.50. The average Bonchev–Trinajstić information content (AvgIpc) is 3.00. The zero-order chi connectivity index (χ0) is 16.9. The Hall–Kier alpha value is -1.88. The van der Waals surface area contributed by atoms with E-state index in [1.165, 1.54) is 5.56 Å². The predicted molar refractivity (Wildman–Crippen MR) is 101 cm³/mol. The van der Waals surface area contributed by atoms with E-state index in [1.807, 2.05) is 24.3 Å². The summed E-state index contributed by atoms with van der Waals surface area (Å²) in [5.41, 5.74) is 4.37. The highest BCUT2D eigenvalue weighted by Crippen LogP contribution is 2.22. The van der Waals surface area contributed by atoms with E-state index in [0.717, 1.165) is 28.2 Å². The zero-order valence-electron chi connectivity index (χ0n) is 13.4. The van der Waals surface area contributed by atoms with Crippen LogP contribution in [0.4, 0.5) is 5.69 Å². The second-order valence-corrected chi connectivity index (χ2v) is 6.69. The lowest BCUT2D eigenvalue weighted by molar-refractivity contribution is 0.275. The Bertz CT molecular complexity index is 864. The molecule has 0 unspecified atom stereocenters. The highest BCUT2D eigenvalue weighted by molar-refractivity contribution is 7.07. The van der Waals surface area contributed by atoms with Gasteiger partial charge in [-0.25, -0.2) is 4.99 Å². The molecule has 5 heteroatoms. The number of nitrogens with zero attached hydrogens (tertiary/aromatic N) is 2. The van der Waals surface area contributed by atoms with Gasteiger partial charge >= 0.3 is 0 Å². The van der Waals surface area contributed by atoms with Gasteiger partial charge in [-0.2, -0.15) is 0 Å². The molecule has 124 valence electrons. The van der Waals surface area contributed by atoms with Crippen LogP contribution in [0.2, 0.25) is 5.02 Å². The van der Waals surface area contributed by atoms with Gasteiger partial charge < -0.3 is 9.67 Å². The monoisotopic (exact) mass is 358 g/mol. The smallest absolute Gasteiger partial charge is 0.190 e. The van der Waals surface area contributed by atoms with Crippen molar-refractivity contribution in [3.05, 3.63) is 69.3 Å². The third kappa shape index (κ3) is 3.78. The molecule has 0 radical (unpaired) electrons. The number of rotatable bonds is 5. The van der Waals surface area contributed by atoms with Crippen molar-refractivity contribution in [1.29, 1.82) is 0 Å². The van der Waals surface area contributed by atoms with E-state index in [1.54, 1.807) is 11.3 Å². The SMILES string of the molecule is CCc1ccc(-c2csc(=Nc3ccc(Cl)cc3)n2CCO)cc1. The Morgan fingerprint density at radius 1 is 1.08 bits per heavy atom. The van der Waals surface area contributed by atoms with Gasteiger partial charge in [-0.05, 0) is 41.8 Å². The Morgan fingerprint density at radius 2 is 1.79 bits per heavy atom. The molecule has 3 nitrogen and oxygen atoms in total. The molecule has 0 saturated carbocycles. The lowest BCUT2D eigenvalue weighted by Gasteiger charge is -2.08. The number of benzene rings is 2. The maximum atomic E-state index is 9.44. The van der Waals surface area contributed by atoms with Crippen molar-refractivity contribution in [3.63, 3.8) is 0 Å². The fourth-order valence-electron chi connectivity index (χ4n) is 2.50. The van der Waals surface area contributed by atoms with Crippen LogP contribution < -0.4 is 4.80 Å². The van der Waals surface area contributed by atoms with Gasteiger partial charge in [0.1, 0.15) is 0 Å². The molecular formula is C19H19ClN2OS. The molecule has 0 aliphatic carbocycles. The average molecular weight is 359 g/mol. The van der Waals surface area contributed by atoms with Gasteiger partial charge in [0.05, 0.1) is 18.0 Å². The molecule has 0 amide bonds. The lowest BCUT2D eigenvalue weighted by atomic mass is 10.1. The first-order valence-electron chi connectivity index (χ1n) is 7.90. The molecule has 0 aliphatic heterocycles. The largest absolute Gasteiger partial charge is 0.395 e. The number of hydrogen-bond acceptors (Lipinski definition) is 3. The standard InChI is InChI=1S/C19H19ClN2OS/c1-2-14-3-5-15(6-4-14)18-13-24-19(22(18)11-12-23)21-17-9-7-16(20)8-10-17/h3-10,13,23H,2,11-12H2,1H3. The molecule has 0 bridgehead atoms. The Balaban J connectivity index is 2.05. The minimum Gasteiger partial charge on any atom is -0.395 e. The summed E-state index contributed by atoms with van der Waals surface area (Å²) in [5, 5.41) is 12.2. The van der Waals surface area contributed by atoms with Crippen molar-refractivity contribution < 1.29 is 5.11 Å². The molecular weight excluding hydrogens is 340 g/mol. The molecule has 0 spiro atoms. The van der Waals surface area contributed by atoms with Crippen LogP contribution >= 0.6 is 22.9 Å². The highest BCUT2D eigenvalue weighted by Gasteiger charge is 2.08. The summed E-state index contributed by atoms with van der Waals surface area (Å²) in [6.07, 6.45) is 1.03. The van der Waals surface area contributed by atoms with Gasteiger partial charge in [0.2, 0.25) is 0 Å². The van der Waals surface area contributed by atoms with Gasteiger partial charge in [-0.3, -0.25) is 0 Å². The third-order valence-electron chi connectivity index (χ3n) is 3.83. The molecule has 1 heterocycles. The topological polar surface area (TPSA) is 37.5 Å². The fourth-order valence-corrected chi connectivity index (χ4v) is 3.58. The summed E-state index contributed by atoms with van der Waals surface area (Å²) in [7, 11) is 0. The lowest BCUT2D eigenvalue weighted by Crippen LogP contribution is -2.17. The van der Waals surface area contributed by atoms with Crippen LogP contribution in [0.5, 0.6) is 0 Å². The number of aliphatic hydroxyl groups is 1. The molecule has 3 rings (SSSR count). The van der Waals surface area contributed by atoms with Gasteiger partial charge in [-0.15, -0.1) is 11.3 Å². The van der Waals surface area contributed by atoms with E-state index in [2.05, 4.69) is 41.1 Å². The maximum Gasteiger partial charge on any atom is 0.190 e. The summed E-state index contributed by atoms with van der Waals surface area (Å²) in [6, 6.07) is 16.0. The van der Waals surface area contributed by atoms with E-state index in [-0.39, 0.29) is 6.61 Å². The van der Waals surface area contributed by atoms with Crippen LogP contribution in [-0.2, 0) is 13.0 Å². The molecule has 0 atom stereocenters. The van der Waals surface area contributed by atoms with Crippen LogP contribution in [0, 0.1) is 0 Å². The Kier molecular flexibility index (Phi) is 5.51. The molecule has 3 aromatic rings. The summed E-state index contributed by atoms with van der Waals surface area (Å²) < 4.78 is 2.06. The zero-order valence-corrected chi connectivity index (χ0v) is 15.0. The Morgan fingerprint density at radius 3 is 2.42 bits per heavy atom. The minimum absolute atomic E-state index is 0.0740. The molecule has 0 aliphatic rings. The van der Waals surface area contributed by atoms with E-state index >= 15 is 0 Å². The Labute approximate surface area is 150 Å². The van der Waals surface area contributed by atoms with Gasteiger partial charge in [0.25, 0.3) is 0 Å². The van der Waals surface area contributed by atoms with Crippen LogP contribution in [-0.4, -0.2) is 16.3 Å². The van der Waals surface area contributed by atoms with Gasteiger partial charge in [-0.1, -0.05) is 42.8 Å². The van der Waals surface area contributed by atoms with Crippen LogP contribution in [0.1, 0.15) is 12.5 Å². The molecule has 1 N–H and O–H groups in total. The quantitative estimate of drug-likeness (QED) is 0.707. The van der Waals surface area contributed by atoms with Crippen molar-refractivity contribution in [2.24, 2.45) is 4.99 Å². The maximum absolute atomic E-state index is 9.44. The van der Waals surface area contributed by atoms with Gasteiger partial charge in [0.15, 0.2) is 4.80 Å². The molecule has 0 saturated heterocycles. The number of thiazole rings is 1. The normalized spacial score (nSPS) is 11.9. The van der Waals surface area contributed by atoms with Crippen molar-refractivity contribution in [2.75, 3.05) is 6.61 Å². The molecule has 0 fully saturated rings. The number of halogens is 1. The van der Waals surface area contributed by atoms with Crippen molar-refractivity contribution in [1.82, 2.24) is 4.57 Å². The van der Waals surface area contributed by atoms with Crippen molar-refractivity contribution in [2.45, 2.75) is 19.9 Å².